The van der Waals surface area contributed by atoms with Gasteiger partial charge in [0.1, 0.15) is 16.5 Å². The van der Waals surface area contributed by atoms with Crippen LogP contribution in [0.15, 0.2) is 35.1 Å². The van der Waals surface area contributed by atoms with E-state index in [-0.39, 0.29) is 58.3 Å². The molecule has 0 spiro atoms. The number of carboxylic acids is 1. The molecule has 2 amide bonds. The van der Waals surface area contributed by atoms with Gasteiger partial charge < -0.3 is 34.9 Å². The molecule has 4 N–H and O–H groups in total. The Morgan fingerprint density at radius 2 is 1.79 bits per heavy atom. The van der Waals surface area contributed by atoms with Crippen molar-refractivity contribution >= 4 is 52.5 Å². The molecular weight excluding hydrogens is 609 g/mol. The maximum atomic E-state index is 13.6. The van der Waals surface area contributed by atoms with Crippen LogP contribution < -0.4 is 25.7 Å². The molecule has 0 bridgehead atoms. The first-order chi connectivity index (χ1) is 20.1. The second kappa shape index (κ2) is 13.6. The van der Waals surface area contributed by atoms with Gasteiger partial charge in [-0.15, -0.1) is 0 Å². The first-order valence-electron chi connectivity index (χ1n) is 13.3. The first kappa shape index (κ1) is 31.3. The Hall–Kier alpha value is -3.60. The van der Waals surface area contributed by atoms with E-state index < -0.39 is 30.0 Å². The standard InChI is InChI=1S/C29H30Cl3N3O7/c1-3-41-21-12-17(23(31)27(24(21)32)42-4-2)19(13-22(36)37)33-29(40)34-25-26(38)16-9-7-11-20(16)35(28(25)39)14-15-8-5-6-10-18(15)30/h5-6,8,10,12,19,38H,3-4,7,9,11,13-14H2,1-2H3,(H,36,37)(H2,33,34,40)/t19-/m0/s1. The van der Waals surface area contributed by atoms with Gasteiger partial charge in [0.05, 0.1) is 37.2 Å². The maximum absolute atomic E-state index is 13.6. The zero-order valence-electron chi connectivity index (χ0n) is 22.9. The SMILES string of the molecule is CCOc1cc([C@H](CC(=O)O)NC(=O)Nc2c(O)c3c(n(Cc4ccccc4Cl)c2=O)CCC3)c(Cl)c(OCC)c1Cl. The molecule has 1 atom stereocenters. The summed E-state index contributed by atoms with van der Waals surface area (Å²) in [7, 11) is 0. The number of aromatic hydroxyl groups is 1. The number of nitrogens with one attached hydrogen (secondary N) is 2. The van der Waals surface area contributed by atoms with E-state index in [4.69, 9.17) is 44.3 Å². The van der Waals surface area contributed by atoms with Crippen molar-refractivity contribution in [3.8, 4) is 17.2 Å². The number of halogens is 3. The van der Waals surface area contributed by atoms with E-state index in [0.717, 1.165) is 6.42 Å². The van der Waals surface area contributed by atoms with Crippen LogP contribution in [0.3, 0.4) is 0 Å². The molecule has 3 aromatic rings. The zero-order chi connectivity index (χ0) is 30.6. The largest absolute Gasteiger partial charge is 0.505 e. The number of hydrogen-bond donors (Lipinski definition) is 4. The summed E-state index contributed by atoms with van der Waals surface area (Å²) in [5, 5.41) is 26.2. The highest BCUT2D eigenvalue weighted by Crippen LogP contribution is 2.45. The third-order valence-corrected chi connectivity index (χ3v) is 7.94. The highest BCUT2D eigenvalue weighted by molar-refractivity contribution is 6.38. The summed E-state index contributed by atoms with van der Waals surface area (Å²) in [4.78, 5) is 38.7. The van der Waals surface area contributed by atoms with Crippen molar-refractivity contribution < 1.29 is 29.3 Å². The number of carbonyl (C=O) groups is 2. The highest BCUT2D eigenvalue weighted by Gasteiger charge is 2.29. The lowest BCUT2D eigenvalue weighted by Crippen LogP contribution is -2.37. The van der Waals surface area contributed by atoms with Gasteiger partial charge >= 0.3 is 12.0 Å². The van der Waals surface area contributed by atoms with Gasteiger partial charge in [-0.1, -0.05) is 53.0 Å². The van der Waals surface area contributed by atoms with E-state index in [1.807, 2.05) is 0 Å². The Kier molecular flexibility index (Phi) is 10.1. The van der Waals surface area contributed by atoms with Gasteiger partial charge in [-0.25, -0.2) is 4.79 Å². The average Bonchev–Trinajstić information content (AvgIpc) is 3.43. The number of fused-ring (bicyclic) bond motifs is 1. The number of urea groups is 1. The van der Waals surface area contributed by atoms with E-state index in [9.17, 15) is 24.6 Å². The van der Waals surface area contributed by atoms with Gasteiger partial charge in [-0.3, -0.25) is 9.59 Å². The van der Waals surface area contributed by atoms with E-state index in [2.05, 4.69) is 10.6 Å². The second-order valence-electron chi connectivity index (χ2n) is 9.52. The molecule has 1 aromatic heterocycles. The van der Waals surface area contributed by atoms with E-state index in [0.29, 0.717) is 34.7 Å². The second-order valence-corrected chi connectivity index (χ2v) is 10.7. The first-order valence-corrected chi connectivity index (χ1v) is 14.5. The number of benzene rings is 2. The van der Waals surface area contributed by atoms with Gasteiger partial charge in [0.15, 0.2) is 11.4 Å². The predicted molar refractivity (Wildman–Crippen MR) is 161 cm³/mol. The molecule has 224 valence electrons. The summed E-state index contributed by atoms with van der Waals surface area (Å²) in [6.07, 6.45) is 1.25. The fourth-order valence-corrected chi connectivity index (χ4v) is 5.82. The summed E-state index contributed by atoms with van der Waals surface area (Å²) in [6, 6.07) is 6.41. The average molecular weight is 639 g/mol. The molecule has 42 heavy (non-hydrogen) atoms. The number of amides is 2. The van der Waals surface area contributed by atoms with Gasteiger partial charge in [0, 0.05) is 21.8 Å². The smallest absolute Gasteiger partial charge is 0.319 e. The van der Waals surface area contributed by atoms with Crippen LogP contribution in [0.25, 0.3) is 0 Å². The lowest BCUT2D eigenvalue weighted by atomic mass is 10.0. The van der Waals surface area contributed by atoms with Gasteiger partial charge in [-0.05, 0) is 50.8 Å². The van der Waals surface area contributed by atoms with Crippen LogP contribution in [0.5, 0.6) is 17.2 Å². The van der Waals surface area contributed by atoms with Crippen LogP contribution in [-0.4, -0.2) is 40.0 Å². The molecule has 4 rings (SSSR count). The molecule has 0 fully saturated rings. The van der Waals surface area contributed by atoms with Crippen LogP contribution in [0, 0.1) is 0 Å². The number of anilines is 1. The fourth-order valence-electron chi connectivity index (χ4n) is 4.98. The molecule has 0 saturated heterocycles. The minimum Gasteiger partial charge on any atom is -0.505 e. The molecule has 0 saturated carbocycles. The van der Waals surface area contributed by atoms with Crippen LogP contribution in [-0.2, 0) is 24.2 Å². The van der Waals surface area contributed by atoms with Crippen molar-refractivity contribution in [2.24, 2.45) is 0 Å². The van der Waals surface area contributed by atoms with Crippen molar-refractivity contribution in [1.29, 1.82) is 0 Å². The lowest BCUT2D eigenvalue weighted by Gasteiger charge is -2.23. The van der Waals surface area contributed by atoms with Gasteiger partial charge in [0.25, 0.3) is 5.56 Å². The number of ether oxygens (including phenoxy) is 2. The Morgan fingerprint density at radius 1 is 1.07 bits per heavy atom. The molecule has 0 radical (unpaired) electrons. The third-order valence-electron chi connectivity index (χ3n) is 6.82. The molecule has 1 aliphatic carbocycles. The molecule has 10 nitrogen and oxygen atoms in total. The van der Waals surface area contributed by atoms with Crippen LogP contribution in [0.2, 0.25) is 15.1 Å². The number of aromatic nitrogens is 1. The van der Waals surface area contributed by atoms with Crippen molar-refractivity contribution in [2.45, 2.75) is 52.1 Å². The van der Waals surface area contributed by atoms with Crippen LogP contribution in [0.1, 0.15) is 55.1 Å². The van der Waals surface area contributed by atoms with Crippen LogP contribution in [0.4, 0.5) is 10.5 Å². The van der Waals surface area contributed by atoms with E-state index in [1.54, 1.807) is 38.1 Å². The highest BCUT2D eigenvalue weighted by atomic mass is 35.5. The fraction of sp³-hybridized carbons (Fsp3) is 0.345. The van der Waals surface area contributed by atoms with Gasteiger partial charge in [0.2, 0.25) is 0 Å². The number of nitrogens with zero attached hydrogens (tertiary/aromatic N) is 1. The predicted octanol–water partition coefficient (Wildman–Crippen LogP) is 6.19. The topological polar surface area (TPSA) is 139 Å². The third kappa shape index (κ3) is 6.56. The van der Waals surface area contributed by atoms with Crippen LogP contribution >= 0.6 is 34.8 Å². The quantitative estimate of drug-likeness (QED) is 0.197. The molecule has 0 aliphatic heterocycles. The molecular formula is C29H30Cl3N3O7. The number of aliphatic carboxylic acids is 1. The van der Waals surface area contributed by atoms with Crippen molar-refractivity contribution in [2.75, 3.05) is 18.5 Å². The number of hydrogen-bond acceptors (Lipinski definition) is 6. The van der Waals surface area contributed by atoms with Gasteiger partial charge in [-0.2, -0.15) is 0 Å². The summed E-state index contributed by atoms with van der Waals surface area (Å²) in [5.74, 6) is -1.28. The Morgan fingerprint density at radius 3 is 2.45 bits per heavy atom. The van der Waals surface area contributed by atoms with E-state index >= 15 is 0 Å². The number of carbonyl (C=O) groups excluding carboxylic acids is 1. The Labute approximate surface area is 257 Å². The minimum atomic E-state index is -1.23. The minimum absolute atomic E-state index is 0.000624. The van der Waals surface area contributed by atoms with E-state index in [1.165, 1.54) is 10.6 Å². The normalized spacial score (nSPS) is 12.9. The molecule has 1 aliphatic rings. The summed E-state index contributed by atoms with van der Waals surface area (Å²) in [5.41, 5.74) is 1.15. The van der Waals surface area contributed by atoms with Crippen molar-refractivity contribution in [1.82, 2.24) is 9.88 Å². The summed E-state index contributed by atoms with van der Waals surface area (Å²) < 4.78 is 12.7. The number of pyridine rings is 1. The Bertz CT molecular complexity index is 1580. The number of carboxylic acid groups (broad SMARTS) is 1. The maximum Gasteiger partial charge on any atom is 0.319 e. The summed E-state index contributed by atoms with van der Waals surface area (Å²) in [6.45, 7) is 4.07. The van der Waals surface area contributed by atoms with Crippen molar-refractivity contribution in [3.05, 3.63) is 78.1 Å². The molecule has 0 unspecified atom stereocenters. The number of rotatable bonds is 11. The zero-order valence-corrected chi connectivity index (χ0v) is 25.2. The summed E-state index contributed by atoms with van der Waals surface area (Å²) >= 11 is 19.3. The van der Waals surface area contributed by atoms with Crippen molar-refractivity contribution in [3.63, 3.8) is 0 Å². The Balaban J connectivity index is 1.71. The monoisotopic (exact) mass is 637 g/mol. The molecule has 2 aromatic carbocycles. The lowest BCUT2D eigenvalue weighted by molar-refractivity contribution is -0.137. The molecule has 1 heterocycles. The molecule has 13 heteroatoms.